The summed E-state index contributed by atoms with van der Waals surface area (Å²) in [6.07, 6.45) is 5.51. The third-order valence-electron chi connectivity index (χ3n) is 5.41. The molecule has 0 atom stereocenters. The van der Waals surface area contributed by atoms with E-state index in [-0.39, 0.29) is 18.4 Å². The van der Waals surface area contributed by atoms with Crippen LogP contribution in [0.3, 0.4) is 0 Å². The molecule has 0 spiro atoms. The SMILES string of the molecule is CC=N/C=C(\CC)NC(=O)Cn1cc2c(n1)N(C)c1ccc(Cl)cc1N(c1ccccc1)C2=O. The highest BCUT2D eigenvalue weighted by molar-refractivity contribution is 6.31. The zero-order valence-electron chi connectivity index (χ0n) is 19.2. The van der Waals surface area contributed by atoms with Gasteiger partial charge in [-0.2, -0.15) is 5.10 Å². The second kappa shape index (κ2) is 9.93. The average molecular weight is 477 g/mol. The molecule has 174 valence electrons. The van der Waals surface area contributed by atoms with Crippen LogP contribution >= 0.6 is 11.6 Å². The fraction of sp³-hybridized carbons (Fsp3) is 0.200. The Hall–Kier alpha value is -3.91. The quantitative estimate of drug-likeness (QED) is 0.504. The summed E-state index contributed by atoms with van der Waals surface area (Å²) >= 11 is 6.30. The molecule has 34 heavy (non-hydrogen) atoms. The molecule has 0 radical (unpaired) electrons. The molecule has 1 N–H and O–H groups in total. The Balaban J connectivity index is 1.72. The van der Waals surface area contributed by atoms with Gasteiger partial charge in [0.15, 0.2) is 5.82 Å². The lowest BCUT2D eigenvalue weighted by atomic mass is 10.2. The summed E-state index contributed by atoms with van der Waals surface area (Å²) < 4.78 is 1.48. The van der Waals surface area contributed by atoms with Gasteiger partial charge in [0, 0.05) is 42.1 Å². The number of amides is 2. The Morgan fingerprint density at radius 3 is 2.65 bits per heavy atom. The molecule has 9 heteroatoms. The van der Waals surface area contributed by atoms with Crippen molar-refractivity contribution in [2.75, 3.05) is 16.8 Å². The number of nitrogens with zero attached hydrogens (tertiary/aromatic N) is 5. The van der Waals surface area contributed by atoms with E-state index in [1.807, 2.05) is 55.3 Å². The maximum absolute atomic E-state index is 13.8. The Morgan fingerprint density at radius 2 is 1.94 bits per heavy atom. The zero-order chi connectivity index (χ0) is 24.2. The summed E-state index contributed by atoms with van der Waals surface area (Å²) in [5.41, 5.74) is 3.21. The molecule has 1 aliphatic heterocycles. The van der Waals surface area contributed by atoms with E-state index in [9.17, 15) is 9.59 Å². The third kappa shape index (κ3) is 4.58. The molecule has 0 bridgehead atoms. The van der Waals surface area contributed by atoms with Gasteiger partial charge in [0.2, 0.25) is 5.91 Å². The summed E-state index contributed by atoms with van der Waals surface area (Å²) in [6, 6.07) is 14.8. The minimum Gasteiger partial charge on any atom is -0.327 e. The molecule has 2 amide bonds. The van der Waals surface area contributed by atoms with Crippen molar-refractivity contribution >= 4 is 52.5 Å². The van der Waals surface area contributed by atoms with Crippen LogP contribution in [0.1, 0.15) is 30.6 Å². The van der Waals surface area contributed by atoms with Gasteiger partial charge >= 0.3 is 0 Å². The Labute approximate surface area is 203 Å². The van der Waals surface area contributed by atoms with Crippen LogP contribution in [0, 0.1) is 0 Å². The van der Waals surface area contributed by atoms with E-state index in [4.69, 9.17) is 11.6 Å². The van der Waals surface area contributed by atoms with Crippen LogP contribution < -0.4 is 15.1 Å². The van der Waals surface area contributed by atoms with Crippen molar-refractivity contribution in [3.63, 3.8) is 0 Å². The first-order valence-electron chi connectivity index (χ1n) is 10.9. The molecule has 0 unspecified atom stereocenters. The number of fused-ring (bicyclic) bond motifs is 2. The molecular weight excluding hydrogens is 452 g/mol. The summed E-state index contributed by atoms with van der Waals surface area (Å²) in [6.45, 7) is 3.70. The number of rotatable bonds is 6. The lowest BCUT2D eigenvalue weighted by molar-refractivity contribution is -0.121. The van der Waals surface area contributed by atoms with Crippen LogP contribution in [0.5, 0.6) is 0 Å². The maximum atomic E-state index is 13.8. The lowest BCUT2D eigenvalue weighted by Crippen LogP contribution is -2.27. The highest BCUT2D eigenvalue weighted by Gasteiger charge is 2.33. The van der Waals surface area contributed by atoms with Crippen molar-refractivity contribution in [1.82, 2.24) is 15.1 Å². The van der Waals surface area contributed by atoms with Gasteiger partial charge in [0.1, 0.15) is 12.1 Å². The lowest BCUT2D eigenvalue weighted by Gasteiger charge is -2.25. The highest BCUT2D eigenvalue weighted by Crippen LogP contribution is 2.43. The van der Waals surface area contributed by atoms with Crippen molar-refractivity contribution < 1.29 is 9.59 Å². The molecule has 8 nitrogen and oxygen atoms in total. The molecule has 2 aromatic carbocycles. The van der Waals surface area contributed by atoms with Gasteiger partial charge in [-0.1, -0.05) is 36.7 Å². The molecular formula is C25H25ClN6O2. The van der Waals surface area contributed by atoms with Crippen molar-refractivity contribution in [1.29, 1.82) is 0 Å². The van der Waals surface area contributed by atoms with Crippen LogP contribution in [0.4, 0.5) is 22.9 Å². The van der Waals surface area contributed by atoms with Crippen molar-refractivity contribution in [2.45, 2.75) is 26.8 Å². The van der Waals surface area contributed by atoms with Gasteiger partial charge in [0.05, 0.1) is 11.4 Å². The Morgan fingerprint density at radius 1 is 1.18 bits per heavy atom. The fourth-order valence-electron chi connectivity index (χ4n) is 3.77. The van der Waals surface area contributed by atoms with Crippen LogP contribution in [0.25, 0.3) is 0 Å². The van der Waals surface area contributed by atoms with Crippen molar-refractivity contribution in [3.8, 4) is 0 Å². The fourth-order valence-corrected chi connectivity index (χ4v) is 3.94. The second-order valence-corrected chi connectivity index (χ2v) is 8.13. The zero-order valence-corrected chi connectivity index (χ0v) is 20.0. The molecule has 1 aliphatic rings. The number of nitrogens with one attached hydrogen (secondary N) is 1. The number of aromatic nitrogens is 2. The van der Waals surface area contributed by atoms with Crippen LogP contribution in [-0.2, 0) is 11.3 Å². The number of hydrogen-bond acceptors (Lipinski definition) is 5. The van der Waals surface area contributed by atoms with Gasteiger partial charge in [-0.15, -0.1) is 0 Å². The highest BCUT2D eigenvalue weighted by atomic mass is 35.5. The number of anilines is 4. The smallest absolute Gasteiger partial charge is 0.268 e. The first-order valence-corrected chi connectivity index (χ1v) is 11.3. The van der Waals surface area contributed by atoms with Gasteiger partial charge in [-0.25, -0.2) is 0 Å². The van der Waals surface area contributed by atoms with E-state index in [0.717, 1.165) is 5.69 Å². The molecule has 4 rings (SSSR count). The molecule has 1 aromatic heterocycles. The van der Waals surface area contributed by atoms with Crippen LogP contribution in [0.2, 0.25) is 5.02 Å². The van der Waals surface area contributed by atoms with E-state index in [1.165, 1.54) is 4.68 Å². The van der Waals surface area contributed by atoms with Crippen molar-refractivity contribution in [3.05, 3.63) is 77.2 Å². The van der Waals surface area contributed by atoms with E-state index >= 15 is 0 Å². The summed E-state index contributed by atoms with van der Waals surface area (Å²) in [4.78, 5) is 33.9. The standard InChI is InChI=1S/C25H25ClN6O2/c1-4-18(14-27-5-2)28-23(33)16-31-15-20-24(29-31)30(3)21-12-11-17(26)13-22(21)32(25(20)34)19-9-7-6-8-10-19/h5-15H,4,16H2,1-3H3,(H,28,33)/b18-14+,27-5?. The molecule has 2 heterocycles. The summed E-state index contributed by atoms with van der Waals surface area (Å²) in [5, 5.41) is 7.95. The van der Waals surface area contributed by atoms with Gasteiger partial charge < -0.3 is 10.2 Å². The second-order valence-electron chi connectivity index (χ2n) is 7.70. The first-order chi connectivity index (χ1) is 16.4. The minimum atomic E-state index is -0.257. The van der Waals surface area contributed by atoms with E-state index in [1.54, 1.807) is 42.6 Å². The number of carbonyl (C=O) groups excluding carboxylic acids is 2. The first kappa shape index (κ1) is 23.3. The van der Waals surface area contributed by atoms with Crippen LogP contribution in [0.15, 0.2) is 71.6 Å². The number of allylic oxidation sites excluding steroid dienone is 1. The van der Waals surface area contributed by atoms with Gasteiger partial charge in [-0.05, 0) is 43.7 Å². The third-order valence-corrected chi connectivity index (χ3v) is 5.65. The monoisotopic (exact) mass is 476 g/mol. The van der Waals surface area contributed by atoms with E-state index in [2.05, 4.69) is 15.4 Å². The number of halogens is 1. The average Bonchev–Trinajstić information content (AvgIpc) is 3.23. The number of hydrogen-bond donors (Lipinski definition) is 1. The largest absolute Gasteiger partial charge is 0.327 e. The van der Waals surface area contributed by atoms with E-state index < -0.39 is 0 Å². The summed E-state index contributed by atoms with van der Waals surface area (Å²) in [7, 11) is 1.84. The van der Waals surface area contributed by atoms with Gasteiger partial charge in [0.25, 0.3) is 5.91 Å². The molecule has 0 saturated heterocycles. The normalized spacial score (nSPS) is 13.6. The number of benzene rings is 2. The predicted octanol–water partition coefficient (Wildman–Crippen LogP) is 5.05. The predicted molar refractivity (Wildman–Crippen MR) is 135 cm³/mol. The number of carbonyl (C=O) groups is 2. The molecule has 0 saturated carbocycles. The number of para-hydroxylation sites is 1. The Kier molecular flexibility index (Phi) is 6.79. The number of aliphatic imine (C=N–C) groups is 1. The molecule has 0 aliphatic carbocycles. The maximum Gasteiger partial charge on any atom is 0.268 e. The van der Waals surface area contributed by atoms with Crippen LogP contribution in [-0.4, -0.2) is 34.9 Å². The topological polar surface area (TPSA) is 82.8 Å². The van der Waals surface area contributed by atoms with Gasteiger partial charge in [-0.3, -0.25) is 24.2 Å². The van der Waals surface area contributed by atoms with Crippen molar-refractivity contribution in [2.24, 2.45) is 4.99 Å². The molecule has 3 aromatic rings. The summed E-state index contributed by atoms with van der Waals surface area (Å²) in [5.74, 6) is -0.0481. The Bertz CT molecular complexity index is 1280. The van der Waals surface area contributed by atoms with E-state index in [0.29, 0.717) is 39.9 Å². The molecule has 0 fully saturated rings. The minimum absolute atomic E-state index is 0.0416.